The summed E-state index contributed by atoms with van der Waals surface area (Å²) in [5.74, 6) is 1.20. The van der Waals surface area contributed by atoms with Crippen LogP contribution in [0.15, 0.2) is 40.0 Å². The maximum absolute atomic E-state index is 12.6. The van der Waals surface area contributed by atoms with Crippen LogP contribution in [0, 0.1) is 0 Å². The molecule has 164 valence electrons. The van der Waals surface area contributed by atoms with Crippen LogP contribution >= 0.6 is 11.3 Å². The predicted molar refractivity (Wildman–Crippen MR) is 126 cm³/mol. The normalized spacial score (nSPS) is 16.6. The topological polar surface area (TPSA) is 77.7 Å². The summed E-state index contributed by atoms with van der Waals surface area (Å²) in [7, 11) is 3.27. The summed E-state index contributed by atoms with van der Waals surface area (Å²) in [6.07, 6.45) is 6.06. The Labute approximate surface area is 190 Å². The fourth-order valence-corrected chi connectivity index (χ4v) is 4.77. The molecule has 0 radical (unpaired) electrons. The number of hydrogen-bond acceptors (Lipinski definition) is 6. The van der Waals surface area contributed by atoms with Crippen LogP contribution in [0.3, 0.4) is 0 Å². The van der Waals surface area contributed by atoms with E-state index in [1.54, 1.807) is 25.5 Å². The average molecular weight is 449 g/mol. The summed E-state index contributed by atoms with van der Waals surface area (Å²) in [4.78, 5) is 17.3. The number of amides is 1. The third kappa shape index (κ3) is 3.31. The number of nitrogens with zero attached hydrogens (tertiary/aromatic N) is 3. The Bertz CT molecular complexity index is 1240. The number of methoxy groups -OCH3 is 1. The molecule has 0 fully saturated rings. The molecule has 0 saturated heterocycles. The number of thiophene rings is 1. The van der Waals surface area contributed by atoms with Gasteiger partial charge in [0.15, 0.2) is 5.69 Å². The van der Waals surface area contributed by atoms with E-state index in [0.29, 0.717) is 17.5 Å². The molecule has 1 aromatic carbocycles. The quantitative estimate of drug-likeness (QED) is 0.624. The van der Waals surface area contributed by atoms with Gasteiger partial charge < -0.3 is 14.8 Å². The number of nitrogens with one attached hydrogen (secondary N) is 1. The maximum Gasteiger partial charge on any atom is 0.271 e. The largest absolute Gasteiger partial charge is 0.496 e. The van der Waals surface area contributed by atoms with Gasteiger partial charge >= 0.3 is 0 Å². The molecule has 2 aromatic heterocycles. The highest BCUT2D eigenvalue weighted by atomic mass is 32.1. The van der Waals surface area contributed by atoms with E-state index in [9.17, 15) is 4.79 Å². The number of carbonyl (C=O) groups excluding carboxylic acids is 1. The molecule has 1 N–H and O–H groups in total. The minimum Gasteiger partial charge on any atom is -0.496 e. The predicted octanol–water partition coefficient (Wildman–Crippen LogP) is 4.50. The lowest BCUT2D eigenvalue weighted by Crippen LogP contribution is -2.21. The van der Waals surface area contributed by atoms with Crippen molar-refractivity contribution in [3.63, 3.8) is 0 Å². The lowest BCUT2D eigenvalue weighted by molar-refractivity contribution is 0.0955. The number of dihydropyridines is 1. The van der Waals surface area contributed by atoms with Crippen molar-refractivity contribution in [3.8, 4) is 28.4 Å². The first-order valence-electron chi connectivity index (χ1n) is 10.6. The van der Waals surface area contributed by atoms with Crippen LogP contribution in [0.4, 0.5) is 0 Å². The van der Waals surface area contributed by atoms with Gasteiger partial charge in [0.1, 0.15) is 18.1 Å². The number of fused-ring (bicyclic) bond motifs is 3. The van der Waals surface area contributed by atoms with Gasteiger partial charge in [0.25, 0.3) is 5.91 Å². The van der Waals surface area contributed by atoms with Gasteiger partial charge in [-0.15, -0.1) is 0 Å². The first-order chi connectivity index (χ1) is 15.6. The van der Waals surface area contributed by atoms with Crippen molar-refractivity contribution >= 4 is 29.0 Å². The second kappa shape index (κ2) is 8.27. The van der Waals surface area contributed by atoms with Gasteiger partial charge in [0.05, 0.1) is 24.5 Å². The molecule has 7 nitrogen and oxygen atoms in total. The van der Waals surface area contributed by atoms with E-state index in [1.165, 1.54) is 0 Å². The van der Waals surface area contributed by atoms with Crippen LogP contribution in [-0.4, -0.2) is 42.1 Å². The van der Waals surface area contributed by atoms with E-state index < -0.39 is 0 Å². The van der Waals surface area contributed by atoms with Gasteiger partial charge in [0, 0.05) is 41.4 Å². The molecular formula is C24H24N4O3S. The van der Waals surface area contributed by atoms with Crippen molar-refractivity contribution in [1.29, 1.82) is 0 Å². The molecule has 0 bridgehead atoms. The molecule has 8 heteroatoms. The molecule has 5 rings (SSSR count). The Morgan fingerprint density at radius 1 is 1.38 bits per heavy atom. The highest BCUT2D eigenvalue weighted by Crippen LogP contribution is 2.45. The first kappa shape index (κ1) is 20.5. The van der Waals surface area contributed by atoms with Crippen LogP contribution in [0.2, 0.25) is 0 Å². The Kier molecular flexibility index (Phi) is 5.30. The molecule has 1 unspecified atom stereocenters. The summed E-state index contributed by atoms with van der Waals surface area (Å²) in [6.45, 7) is 2.41. The Morgan fingerprint density at radius 2 is 2.25 bits per heavy atom. The number of rotatable bonds is 5. The van der Waals surface area contributed by atoms with Crippen molar-refractivity contribution < 1.29 is 14.3 Å². The summed E-state index contributed by atoms with van der Waals surface area (Å²) in [5.41, 5.74) is 5.78. The molecule has 3 aromatic rings. The minimum absolute atomic E-state index is 0.233. The van der Waals surface area contributed by atoms with E-state index in [2.05, 4.69) is 34.5 Å². The van der Waals surface area contributed by atoms with E-state index in [0.717, 1.165) is 52.2 Å². The number of benzene rings is 1. The Hall–Kier alpha value is -3.39. The lowest BCUT2D eigenvalue weighted by atomic mass is 9.94. The van der Waals surface area contributed by atoms with Crippen molar-refractivity contribution in [2.75, 3.05) is 14.2 Å². The summed E-state index contributed by atoms with van der Waals surface area (Å²) in [6, 6.07) is 6.30. The third-order valence-electron chi connectivity index (χ3n) is 5.92. The maximum atomic E-state index is 12.6. The molecule has 0 spiro atoms. The monoisotopic (exact) mass is 448 g/mol. The number of aliphatic imine (C=N–C) groups is 1. The number of ether oxygens (including phenoxy) is 2. The standard InChI is InChI=1S/C24H24N4O3S/c1-4-15-6-5-14(11-26-15)17-9-18-21(10-20(17)30-3)31-12-19-22(24(29)25-2)27-28(23(18)19)16-7-8-32-13-16/h5,7-11,13,15H,4,6,12H2,1-3H3,(H,25,29). The Balaban J connectivity index is 1.71. The zero-order valence-corrected chi connectivity index (χ0v) is 19.0. The van der Waals surface area contributed by atoms with Gasteiger partial charge in [-0.05, 0) is 35.9 Å². The van der Waals surface area contributed by atoms with Crippen LogP contribution in [-0.2, 0) is 6.61 Å². The number of aromatic nitrogens is 2. The van der Waals surface area contributed by atoms with Crippen molar-refractivity contribution in [3.05, 3.63) is 51.9 Å². The SMILES string of the molecule is CCC1CC=C(c2cc3c(cc2OC)OCc2c(C(=O)NC)nn(-c4ccsc4)c2-3)C=N1. The van der Waals surface area contributed by atoms with Crippen LogP contribution in [0.1, 0.15) is 41.4 Å². The second-order valence-corrected chi connectivity index (χ2v) is 8.50. The number of allylic oxidation sites excluding steroid dienone is 1. The van der Waals surface area contributed by atoms with E-state index in [4.69, 9.17) is 9.47 Å². The smallest absolute Gasteiger partial charge is 0.271 e. The molecule has 2 aliphatic rings. The van der Waals surface area contributed by atoms with Crippen LogP contribution in [0.25, 0.3) is 22.5 Å². The number of carbonyl (C=O) groups is 1. The van der Waals surface area contributed by atoms with E-state index in [-0.39, 0.29) is 12.5 Å². The number of hydrogen-bond donors (Lipinski definition) is 1. The fourth-order valence-electron chi connectivity index (χ4n) is 4.15. The van der Waals surface area contributed by atoms with Crippen LogP contribution < -0.4 is 14.8 Å². The summed E-state index contributed by atoms with van der Waals surface area (Å²) in [5, 5.41) is 11.4. The van der Waals surface area contributed by atoms with Gasteiger partial charge in [-0.1, -0.05) is 13.0 Å². The molecule has 4 heterocycles. The van der Waals surface area contributed by atoms with Gasteiger partial charge in [-0.25, -0.2) is 4.68 Å². The highest BCUT2D eigenvalue weighted by molar-refractivity contribution is 7.08. The Morgan fingerprint density at radius 3 is 2.91 bits per heavy atom. The zero-order chi connectivity index (χ0) is 22.2. The molecule has 1 atom stereocenters. The molecule has 2 aliphatic heterocycles. The highest BCUT2D eigenvalue weighted by Gasteiger charge is 2.31. The second-order valence-electron chi connectivity index (χ2n) is 7.72. The lowest BCUT2D eigenvalue weighted by Gasteiger charge is -2.23. The first-order valence-corrected chi connectivity index (χ1v) is 11.5. The average Bonchev–Trinajstić information content (AvgIpc) is 3.51. The molecular weight excluding hydrogens is 424 g/mol. The summed E-state index contributed by atoms with van der Waals surface area (Å²) < 4.78 is 13.6. The van der Waals surface area contributed by atoms with Crippen molar-refractivity contribution in [2.45, 2.75) is 32.4 Å². The zero-order valence-electron chi connectivity index (χ0n) is 18.2. The minimum atomic E-state index is -0.233. The third-order valence-corrected chi connectivity index (χ3v) is 6.59. The van der Waals surface area contributed by atoms with Crippen LogP contribution in [0.5, 0.6) is 11.5 Å². The molecule has 0 saturated carbocycles. The molecule has 1 amide bonds. The van der Waals surface area contributed by atoms with Crippen molar-refractivity contribution in [2.24, 2.45) is 4.99 Å². The van der Waals surface area contributed by atoms with Crippen molar-refractivity contribution in [1.82, 2.24) is 15.1 Å². The molecule has 32 heavy (non-hydrogen) atoms. The van der Waals surface area contributed by atoms with Gasteiger partial charge in [-0.3, -0.25) is 9.79 Å². The van der Waals surface area contributed by atoms with E-state index in [1.807, 2.05) is 33.8 Å². The van der Waals surface area contributed by atoms with Gasteiger partial charge in [0.2, 0.25) is 0 Å². The fraction of sp³-hybridized carbons (Fsp3) is 0.292. The summed E-state index contributed by atoms with van der Waals surface area (Å²) >= 11 is 1.58. The molecule has 0 aliphatic carbocycles. The van der Waals surface area contributed by atoms with Gasteiger partial charge in [-0.2, -0.15) is 16.4 Å². The van der Waals surface area contributed by atoms with E-state index >= 15 is 0 Å².